The second-order valence-electron chi connectivity index (χ2n) is 5.29. The van der Waals surface area contributed by atoms with Gasteiger partial charge in [0, 0.05) is 39.8 Å². The van der Waals surface area contributed by atoms with Crippen molar-refractivity contribution in [3.8, 4) is 0 Å². The lowest BCUT2D eigenvalue weighted by atomic mass is 9.96. The van der Waals surface area contributed by atoms with Crippen molar-refractivity contribution in [2.45, 2.75) is 23.7 Å². The smallest absolute Gasteiger partial charge is 0.244 e. The molecule has 1 N–H and O–H groups in total. The van der Waals surface area contributed by atoms with E-state index in [1.807, 2.05) is 12.1 Å². The van der Waals surface area contributed by atoms with Gasteiger partial charge in [-0.2, -0.15) is 9.40 Å². The summed E-state index contributed by atoms with van der Waals surface area (Å²) in [6.07, 6.45) is 3.51. The minimum absolute atomic E-state index is 0.164. The van der Waals surface area contributed by atoms with Crippen molar-refractivity contribution in [2.24, 2.45) is 0 Å². The van der Waals surface area contributed by atoms with Crippen LogP contribution in [-0.4, -0.2) is 36.0 Å². The number of benzene rings is 1. The monoisotopic (exact) mass is 447 g/mol. The predicted octanol–water partition coefficient (Wildman–Crippen LogP) is 3.50. The number of halogens is 2. The first kappa shape index (κ1) is 16.2. The molecule has 1 saturated heterocycles. The summed E-state index contributed by atoms with van der Waals surface area (Å²) in [6, 6.07) is 7.11. The maximum atomic E-state index is 12.9. The van der Waals surface area contributed by atoms with Gasteiger partial charge in [-0.25, -0.2) is 8.42 Å². The number of aromatic nitrogens is 2. The van der Waals surface area contributed by atoms with Gasteiger partial charge in [0.25, 0.3) is 0 Å². The number of hydrogen-bond donors (Lipinski definition) is 1. The van der Waals surface area contributed by atoms with E-state index in [4.69, 9.17) is 0 Å². The molecule has 0 radical (unpaired) electrons. The van der Waals surface area contributed by atoms with Crippen molar-refractivity contribution < 1.29 is 8.42 Å². The lowest BCUT2D eigenvalue weighted by Gasteiger charge is -2.31. The number of nitrogens with zero attached hydrogens (tertiary/aromatic N) is 2. The van der Waals surface area contributed by atoms with Crippen molar-refractivity contribution in [1.29, 1.82) is 0 Å². The molecule has 3 rings (SSSR count). The predicted molar refractivity (Wildman–Crippen MR) is 91.2 cm³/mol. The number of H-pyrrole nitrogens is 1. The zero-order valence-corrected chi connectivity index (χ0v) is 15.7. The molecule has 0 aliphatic carbocycles. The molecule has 22 heavy (non-hydrogen) atoms. The Morgan fingerprint density at radius 1 is 1.27 bits per heavy atom. The molecular weight excluding hydrogens is 434 g/mol. The Morgan fingerprint density at radius 3 is 2.82 bits per heavy atom. The maximum Gasteiger partial charge on any atom is 0.244 e. The Hall–Kier alpha value is -0.700. The molecule has 1 aromatic heterocycles. The summed E-state index contributed by atoms with van der Waals surface area (Å²) >= 11 is 6.68. The molecule has 1 fully saturated rings. The summed E-state index contributed by atoms with van der Waals surface area (Å²) < 4.78 is 28.7. The van der Waals surface area contributed by atoms with E-state index in [-0.39, 0.29) is 5.92 Å². The maximum absolute atomic E-state index is 12.9. The molecule has 8 heteroatoms. The zero-order valence-electron chi connectivity index (χ0n) is 11.7. The Morgan fingerprint density at radius 2 is 2.09 bits per heavy atom. The molecule has 1 atom stereocenters. The lowest BCUT2D eigenvalue weighted by molar-refractivity contribution is 0.312. The molecule has 1 aliphatic rings. The first-order valence-electron chi connectivity index (χ1n) is 6.93. The molecular formula is C14H15Br2N3O2S. The Kier molecular flexibility index (Phi) is 4.72. The van der Waals surface area contributed by atoms with Gasteiger partial charge in [0.1, 0.15) is 0 Å². The minimum Gasteiger partial charge on any atom is -0.282 e. The van der Waals surface area contributed by atoms with E-state index in [9.17, 15) is 8.42 Å². The van der Waals surface area contributed by atoms with Crippen LogP contribution in [0.5, 0.6) is 0 Å². The van der Waals surface area contributed by atoms with Gasteiger partial charge in [-0.05, 0) is 53.0 Å². The van der Waals surface area contributed by atoms with Gasteiger partial charge < -0.3 is 0 Å². The van der Waals surface area contributed by atoms with Crippen LogP contribution in [-0.2, 0) is 10.0 Å². The number of hydrogen-bond acceptors (Lipinski definition) is 3. The van der Waals surface area contributed by atoms with Crippen LogP contribution in [0.25, 0.3) is 0 Å². The molecule has 2 heterocycles. The highest BCUT2D eigenvalue weighted by atomic mass is 79.9. The molecule has 0 saturated carbocycles. The summed E-state index contributed by atoms with van der Waals surface area (Å²) in [6.45, 7) is 1.02. The SMILES string of the molecule is O=S(=O)(c1cc(Br)ccc1Br)N1CCCC(c2ccn[nH]2)C1. The van der Waals surface area contributed by atoms with E-state index in [2.05, 4.69) is 42.1 Å². The third kappa shape index (κ3) is 3.15. The number of piperidine rings is 1. The molecule has 2 aromatic rings. The van der Waals surface area contributed by atoms with Gasteiger partial charge in [0.15, 0.2) is 0 Å². The Balaban J connectivity index is 1.90. The number of aromatic amines is 1. The van der Waals surface area contributed by atoms with Crippen molar-refractivity contribution in [3.63, 3.8) is 0 Å². The third-order valence-corrected chi connectivity index (χ3v) is 7.21. The van der Waals surface area contributed by atoms with Gasteiger partial charge in [0.2, 0.25) is 10.0 Å². The summed E-state index contributed by atoms with van der Waals surface area (Å²) in [4.78, 5) is 0.298. The molecule has 118 valence electrons. The molecule has 1 aromatic carbocycles. The van der Waals surface area contributed by atoms with Crippen LogP contribution >= 0.6 is 31.9 Å². The fraction of sp³-hybridized carbons (Fsp3) is 0.357. The average Bonchev–Trinajstić information content (AvgIpc) is 3.04. The highest BCUT2D eigenvalue weighted by molar-refractivity contribution is 9.11. The number of sulfonamides is 1. The first-order valence-corrected chi connectivity index (χ1v) is 9.95. The van der Waals surface area contributed by atoms with Gasteiger partial charge in [-0.3, -0.25) is 5.10 Å². The van der Waals surface area contributed by atoms with E-state index in [0.717, 1.165) is 23.0 Å². The van der Waals surface area contributed by atoms with Crippen molar-refractivity contribution in [3.05, 3.63) is 45.1 Å². The molecule has 0 bridgehead atoms. The van der Waals surface area contributed by atoms with Crippen molar-refractivity contribution in [2.75, 3.05) is 13.1 Å². The van der Waals surface area contributed by atoms with Crippen molar-refractivity contribution in [1.82, 2.24) is 14.5 Å². The second-order valence-corrected chi connectivity index (χ2v) is 8.97. The van der Waals surface area contributed by atoms with Gasteiger partial charge in [-0.1, -0.05) is 15.9 Å². The minimum atomic E-state index is -3.52. The van der Waals surface area contributed by atoms with Crippen LogP contribution in [0.15, 0.2) is 44.3 Å². The Labute approximate surface area is 146 Å². The van der Waals surface area contributed by atoms with Crippen LogP contribution in [0.3, 0.4) is 0 Å². The summed E-state index contributed by atoms with van der Waals surface area (Å²) in [5.74, 6) is 0.164. The average molecular weight is 449 g/mol. The van der Waals surface area contributed by atoms with Gasteiger partial charge >= 0.3 is 0 Å². The summed E-state index contributed by atoms with van der Waals surface area (Å²) in [7, 11) is -3.52. The quantitative estimate of drug-likeness (QED) is 0.781. The zero-order chi connectivity index (χ0) is 15.7. The van der Waals surface area contributed by atoms with Crippen LogP contribution in [0.4, 0.5) is 0 Å². The molecule has 0 amide bonds. The van der Waals surface area contributed by atoms with Crippen molar-refractivity contribution >= 4 is 41.9 Å². The summed E-state index contributed by atoms with van der Waals surface area (Å²) in [5, 5.41) is 6.91. The van der Waals surface area contributed by atoms with E-state index >= 15 is 0 Å². The van der Waals surface area contributed by atoms with E-state index in [1.54, 1.807) is 22.6 Å². The van der Waals surface area contributed by atoms with Crippen LogP contribution in [0.1, 0.15) is 24.5 Å². The highest BCUT2D eigenvalue weighted by Crippen LogP contribution is 2.33. The highest BCUT2D eigenvalue weighted by Gasteiger charge is 2.32. The van der Waals surface area contributed by atoms with Crippen LogP contribution in [0.2, 0.25) is 0 Å². The second kappa shape index (κ2) is 6.43. The normalized spacial score (nSPS) is 20.2. The van der Waals surface area contributed by atoms with E-state index < -0.39 is 10.0 Å². The number of nitrogens with one attached hydrogen (secondary N) is 1. The fourth-order valence-electron chi connectivity index (χ4n) is 2.72. The topological polar surface area (TPSA) is 66.1 Å². The van der Waals surface area contributed by atoms with Gasteiger partial charge in [0.05, 0.1) is 4.90 Å². The molecule has 1 aliphatic heterocycles. The lowest BCUT2D eigenvalue weighted by Crippen LogP contribution is -2.39. The van der Waals surface area contributed by atoms with E-state index in [0.29, 0.717) is 22.5 Å². The molecule has 5 nitrogen and oxygen atoms in total. The fourth-order valence-corrected chi connectivity index (χ4v) is 5.71. The molecule has 0 spiro atoms. The van der Waals surface area contributed by atoms with Crippen LogP contribution in [0, 0.1) is 0 Å². The Bertz CT molecular complexity index is 762. The van der Waals surface area contributed by atoms with E-state index in [1.165, 1.54) is 0 Å². The molecule has 1 unspecified atom stereocenters. The summed E-state index contributed by atoms with van der Waals surface area (Å²) in [5.41, 5.74) is 0.994. The van der Waals surface area contributed by atoms with Gasteiger partial charge in [-0.15, -0.1) is 0 Å². The standard InChI is InChI=1S/C14H15Br2N3O2S/c15-11-3-4-12(16)14(8-11)22(20,21)19-7-1-2-10(9-19)13-5-6-17-18-13/h3-6,8,10H,1-2,7,9H2,(H,17,18). The van der Waals surface area contributed by atoms with Crippen LogP contribution < -0.4 is 0 Å². The number of rotatable bonds is 3. The largest absolute Gasteiger partial charge is 0.282 e. The third-order valence-electron chi connectivity index (χ3n) is 3.86. The first-order chi connectivity index (χ1) is 10.5.